The zero-order chi connectivity index (χ0) is 16.8. The summed E-state index contributed by atoms with van der Waals surface area (Å²) in [6, 6.07) is 0.569. The monoisotopic (exact) mass is 354 g/mol. The van der Waals surface area contributed by atoms with E-state index in [1.165, 1.54) is 0 Å². The van der Waals surface area contributed by atoms with E-state index in [4.69, 9.17) is 9.26 Å². The van der Waals surface area contributed by atoms with Crippen molar-refractivity contribution in [3.05, 3.63) is 11.7 Å². The van der Waals surface area contributed by atoms with Crippen LogP contribution in [0.3, 0.4) is 0 Å². The topological polar surface area (TPSA) is 80.5 Å². The minimum atomic E-state index is 0.0511. The number of nitrogens with zero attached hydrogens (tertiary/aromatic N) is 3. The number of thioether (sulfide) groups is 1. The summed E-state index contributed by atoms with van der Waals surface area (Å²) in [6.07, 6.45) is 6.18. The van der Waals surface area contributed by atoms with Crippen LogP contribution < -0.4 is 5.32 Å². The van der Waals surface area contributed by atoms with Crippen molar-refractivity contribution in [2.45, 2.75) is 44.0 Å². The first-order valence-corrected chi connectivity index (χ1v) is 10.1. The Morgan fingerprint density at radius 2 is 2.21 bits per heavy atom. The molecule has 3 heterocycles. The lowest BCUT2D eigenvalue weighted by Gasteiger charge is -2.39. The number of carbonyl (C=O) groups excluding carboxylic acids is 1. The Labute approximate surface area is 146 Å². The minimum absolute atomic E-state index is 0.0511. The summed E-state index contributed by atoms with van der Waals surface area (Å²) < 4.78 is 10.6. The predicted molar refractivity (Wildman–Crippen MR) is 91.5 cm³/mol. The van der Waals surface area contributed by atoms with E-state index < -0.39 is 0 Å². The predicted octanol–water partition coefficient (Wildman–Crippen LogP) is 1.44. The highest BCUT2D eigenvalue weighted by atomic mass is 32.2. The summed E-state index contributed by atoms with van der Waals surface area (Å²) >= 11 is 1.64. The molecular formula is C16H26N4O3S. The molecule has 1 atom stereocenters. The van der Waals surface area contributed by atoms with Gasteiger partial charge in [0.05, 0.1) is 18.2 Å². The number of ether oxygens (including phenoxy) is 1. The highest BCUT2D eigenvalue weighted by Gasteiger charge is 2.30. The Bertz CT molecular complexity index is 533. The fourth-order valence-electron chi connectivity index (χ4n) is 3.46. The number of piperidine rings is 1. The zero-order valence-corrected chi connectivity index (χ0v) is 15.0. The van der Waals surface area contributed by atoms with E-state index in [1.54, 1.807) is 11.8 Å². The molecule has 2 fully saturated rings. The number of nitrogens with one attached hydrogen (secondary N) is 1. The molecule has 1 aromatic rings. The van der Waals surface area contributed by atoms with Crippen molar-refractivity contribution in [2.75, 3.05) is 32.6 Å². The highest BCUT2D eigenvalue weighted by molar-refractivity contribution is 7.97. The Balaban J connectivity index is 1.46. The molecule has 0 radical (unpaired) electrons. The van der Waals surface area contributed by atoms with E-state index >= 15 is 0 Å². The van der Waals surface area contributed by atoms with Gasteiger partial charge in [0.2, 0.25) is 11.8 Å². The lowest BCUT2D eigenvalue weighted by atomic mass is 9.94. The lowest BCUT2D eigenvalue weighted by Crippen LogP contribution is -2.48. The number of amides is 1. The van der Waals surface area contributed by atoms with E-state index in [0.29, 0.717) is 24.3 Å². The van der Waals surface area contributed by atoms with Gasteiger partial charge in [-0.3, -0.25) is 9.69 Å². The first kappa shape index (κ1) is 17.7. The molecule has 2 aliphatic heterocycles. The molecule has 1 amide bonds. The second-order valence-corrected chi connectivity index (χ2v) is 7.30. The van der Waals surface area contributed by atoms with Crippen LogP contribution >= 0.6 is 11.8 Å². The molecule has 2 saturated heterocycles. The van der Waals surface area contributed by atoms with E-state index in [2.05, 4.69) is 20.4 Å². The van der Waals surface area contributed by atoms with Crippen LogP contribution in [0.4, 0.5) is 0 Å². The molecule has 0 spiro atoms. The number of hydrogen-bond acceptors (Lipinski definition) is 7. The van der Waals surface area contributed by atoms with Crippen LogP contribution in [0.25, 0.3) is 0 Å². The van der Waals surface area contributed by atoms with E-state index in [9.17, 15) is 4.79 Å². The van der Waals surface area contributed by atoms with Crippen LogP contribution in [-0.4, -0.2) is 59.5 Å². The van der Waals surface area contributed by atoms with Crippen molar-refractivity contribution in [3.63, 3.8) is 0 Å². The summed E-state index contributed by atoms with van der Waals surface area (Å²) in [4.78, 5) is 19.2. The van der Waals surface area contributed by atoms with Crippen LogP contribution in [0.15, 0.2) is 4.52 Å². The second kappa shape index (κ2) is 8.82. The van der Waals surface area contributed by atoms with Crippen molar-refractivity contribution >= 4 is 17.7 Å². The summed E-state index contributed by atoms with van der Waals surface area (Å²) in [5.74, 6) is 2.02. The molecule has 0 aliphatic carbocycles. The third kappa shape index (κ3) is 4.70. The molecule has 8 heteroatoms. The third-order valence-corrected chi connectivity index (χ3v) is 5.28. The smallest absolute Gasteiger partial charge is 0.246 e. The maximum absolute atomic E-state index is 12.5. The van der Waals surface area contributed by atoms with Crippen LogP contribution in [0.5, 0.6) is 0 Å². The highest BCUT2D eigenvalue weighted by Crippen LogP contribution is 2.23. The molecule has 0 saturated carbocycles. The molecule has 2 aliphatic rings. The Kier molecular flexibility index (Phi) is 6.51. The number of aromatic nitrogens is 2. The molecule has 1 aromatic heterocycles. The standard InChI is InChI=1S/C16H26N4O3S/c1-24-11-14-18-15(23-19-14)9-17-16(21)12-3-2-6-20(10-12)13-4-7-22-8-5-13/h12-13H,2-11H2,1H3,(H,17,21)/t12-/m1/s1. The van der Waals surface area contributed by atoms with Gasteiger partial charge in [-0.05, 0) is 38.5 Å². The van der Waals surface area contributed by atoms with Crippen molar-refractivity contribution in [3.8, 4) is 0 Å². The molecule has 1 N–H and O–H groups in total. The SMILES string of the molecule is CSCc1noc(CNC(=O)[C@@H]2CCCN(C3CCOCC3)C2)n1. The van der Waals surface area contributed by atoms with Crippen LogP contribution in [-0.2, 0) is 21.8 Å². The van der Waals surface area contributed by atoms with Crippen molar-refractivity contribution < 1.29 is 14.1 Å². The molecular weight excluding hydrogens is 328 g/mol. The van der Waals surface area contributed by atoms with Crippen molar-refractivity contribution in [2.24, 2.45) is 5.92 Å². The molecule has 24 heavy (non-hydrogen) atoms. The van der Waals surface area contributed by atoms with Gasteiger partial charge in [0.1, 0.15) is 0 Å². The average molecular weight is 354 g/mol. The Morgan fingerprint density at radius 3 is 3.00 bits per heavy atom. The summed E-state index contributed by atoms with van der Waals surface area (Å²) in [5.41, 5.74) is 0. The quantitative estimate of drug-likeness (QED) is 0.828. The van der Waals surface area contributed by atoms with Gasteiger partial charge in [-0.1, -0.05) is 5.16 Å². The van der Waals surface area contributed by atoms with Crippen LogP contribution in [0.2, 0.25) is 0 Å². The number of likely N-dealkylation sites (tertiary alicyclic amines) is 1. The number of rotatable bonds is 6. The average Bonchev–Trinajstić information content (AvgIpc) is 3.08. The van der Waals surface area contributed by atoms with Gasteiger partial charge in [-0.2, -0.15) is 16.7 Å². The van der Waals surface area contributed by atoms with E-state index in [1.807, 2.05) is 6.26 Å². The molecule has 134 valence electrons. The van der Waals surface area contributed by atoms with Crippen molar-refractivity contribution in [1.29, 1.82) is 0 Å². The Hall–Kier alpha value is -1.12. The first-order chi connectivity index (χ1) is 11.8. The fourth-order valence-corrected chi connectivity index (χ4v) is 3.83. The van der Waals surface area contributed by atoms with Gasteiger partial charge in [0, 0.05) is 25.8 Å². The third-order valence-electron chi connectivity index (χ3n) is 4.73. The summed E-state index contributed by atoms with van der Waals surface area (Å²) in [7, 11) is 0. The van der Waals surface area contributed by atoms with E-state index in [0.717, 1.165) is 57.7 Å². The van der Waals surface area contributed by atoms with Crippen LogP contribution in [0, 0.1) is 5.92 Å². The molecule has 3 rings (SSSR count). The summed E-state index contributed by atoms with van der Waals surface area (Å²) in [5, 5.41) is 6.85. The van der Waals surface area contributed by atoms with Gasteiger partial charge in [0.25, 0.3) is 0 Å². The maximum Gasteiger partial charge on any atom is 0.246 e. The molecule has 7 nitrogen and oxygen atoms in total. The van der Waals surface area contributed by atoms with Gasteiger partial charge in [-0.15, -0.1) is 0 Å². The molecule has 0 bridgehead atoms. The first-order valence-electron chi connectivity index (χ1n) is 8.66. The second-order valence-electron chi connectivity index (χ2n) is 6.43. The van der Waals surface area contributed by atoms with Crippen LogP contribution in [0.1, 0.15) is 37.4 Å². The Morgan fingerprint density at radius 1 is 1.38 bits per heavy atom. The summed E-state index contributed by atoms with van der Waals surface area (Å²) in [6.45, 7) is 3.93. The molecule has 0 aromatic carbocycles. The lowest BCUT2D eigenvalue weighted by molar-refractivity contribution is -0.127. The van der Waals surface area contributed by atoms with Gasteiger partial charge in [0.15, 0.2) is 5.82 Å². The van der Waals surface area contributed by atoms with Gasteiger partial charge < -0.3 is 14.6 Å². The number of hydrogen-bond donors (Lipinski definition) is 1. The fraction of sp³-hybridized carbons (Fsp3) is 0.812. The minimum Gasteiger partial charge on any atom is -0.381 e. The van der Waals surface area contributed by atoms with Gasteiger partial charge in [-0.25, -0.2) is 0 Å². The van der Waals surface area contributed by atoms with Crippen molar-refractivity contribution in [1.82, 2.24) is 20.4 Å². The largest absolute Gasteiger partial charge is 0.381 e. The zero-order valence-electron chi connectivity index (χ0n) is 14.2. The molecule has 0 unspecified atom stereocenters. The van der Waals surface area contributed by atoms with E-state index in [-0.39, 0.29) is 11.8 Å². The maximum atomic E-state index is 12.5. The van der Waals surface area contributed by atoms with Gasteiger partial charge >= 0.3 is 0 Å². The normalized spacial score (nSPS) is 23.3. The number of carbonyl (C=O) groups is 1.